The molecule has 1 rings (SSSR count). The van der Waals surface area contributed by atoms with E-state index in [0.717, 1.165) is 30.6 Å². The standard InChI is InChI=1S/C23H30Cl2N2OS2/c1-4-7-8-9-10-16-28-27(15-6-3,23(30)18-21(24)25)20-14-11-13-19(17-20)26-22(29)12-5-2/h5-6,9-11,13-14,17,21H,2-4,7-8,12,15-16,18H2,1H3/p+1. The van der Waals surface area contributed by atoms with Gasteiger partial charge in [0.15, 0.2) is 5.69 Å². The fourth-order valence-corrected chi connectivity index (χ4v) is 3.95. The number of quaternary nitrogens is 1. The molecule has 0 amide bonds. The summed E-state index contributed by atoms with van der Waals surface area (Å²) in [6.45, 7) is 10.7. The van der Waals surface area contributed by atoms with E-state index in [2.05, 4.69) is 31.5 Å². The average molecular weight is 487 g/mol. The van der Waals surface area contributed by atoms with E-state index >= 15 is 0 Å². The van der Waals surface area contributed by atoms with E-state index in [4.69, 9.17) is 52.5 Å². The van der Waals surface area contributed by atoms with Crippen LogP contribution in [0.1, 0.15) is 39.0 Å². The van der Waals surface area contributed by atoms with Crippen LogP contribution < -0.4 is 9.96 Å². The number of thiocarbonyl (C=S) groups is 2. The van der Waals surface area contributed by atoms with Crippen LogP contribution in [0.25, 0.3) is 0 Å². The fraction of sp³-hybridized carbons (Fsp3) is 0.391. The molecule has 30 heavy (non-hydrogen) atoms. The highest BCUT2D eigenvalue weighted by Crippen LogP contribution is 2.31. The average Bonchev–Trinajstić information content (AvgIpc) is 2.69. The summed E-state index contributed by atoms with van der Waals surface area (Å²) in [6, 6.07) is 7.83. The predicted octanol–water partition coefficient (Wildman–Crippen LogP) is 7.69. The Bertz CT molecular complexity index is 752. The van der Waals surface area contributed by atoms with Crippen LogP contribution in [0.15, 0.2) is 61.7 Å². The number of allylic oxidation sites excluding steroid dienone is 1. The first kappa shape index (κ1) is 27.0. The van der Waals surface area contributed by atoms with E-state index < -0.39 is 4.84 Å². The number of benzene rings is 1. The zero-order valence-corrected chi connectivity index (χ0v) is 20.6. The summed E-state index contributed by atoms with van der Waals surface area (Å²) in [4.78, 5) is 7.00. The lowest BCUT2D eigenvalue weighted by atomic mass is 10.2. The first-order chi connectivity index (χ1) is 14.4. The third kappa shape index (κ3) is 8.96. The van der Waals surface area contributed by atoms with E-state index in [-0.39, 0.29) is 4.65 Å². The van der Waals surface area contributed by atoms with E-state index in [1.807, 2.05) is 30.3 Å². The Labute approximate surface area is 201 Å². The maximum Gasteiger partial charge on any atom is 0.215 e. The highest BCUT2D eigenvalue weighted by atomic mass is 35.5. The van der Waals surface area contributed by atoms with Gasteiger partial charge in [0.2, 0.25) is 4.99 Å². The van der Waals surface area contributed by atoms with Crippen molar-refractivity contribution in [2.24, 2.45) is 0 Å². The quantitative estimate of drug-likeness (QED) is 0.0726. The van der Waals surface area contributed by atoms with Gasteiger partial charge in [-0.25, -0.2) is 0 Å². The van der Waals surface area contributed by atoms with Crippen molar-refractivity contribution in [3.8, 4) is 0 Å². The normalized spacial score (nSPS) is 13.2. The number of anilines is 1. The molecule has 0 saturated heterocycles. The van der Waals surface area contributed by atoms with E-state index in [1.165, 1.54) is 0 Å². The number of nitrogens with one attached hydrogen (secondary N) is 1. The minimum atomic E-state index is -0.620. The molecule has 0 aliphatic heterocycles. The molecule has 0 spiro atoms. The molecule has 3 nitrogen and oxygen atoms in total. The summed E-state index contributed by atoms with van der Waals surface area (Å²) in [7, 11) is 0. The maximum absolute atomic E-state index is 6.35. The summed E-state index contributed by atoms with van der Waals surface area (Å²) >= 11 is 23.2. The molecule has 0 aliphatic rings. The topological polar surface area (TPSA) is 21.3 Å². The monoisotopic (exact) mass is 485 g/mol. The second-order valence-electron chi connectivity index (χ2n) is 6.70. The molecule has 1 aromatic rings. The molecule has 0 saturated carbocycles. The zero-order chi connectivity index (χ0) is 22.4. The Hall–Kier alpha value is -1.08. The summed E-state index contributed by atoms with van der Waals surface area (Å²) < 4.78 is -0.0172. The van der Waals surface area contributed by atoms with Gasteiger partial charge in [0, 0.05) is 24.2 Å². The summed E-state index contributed by atoms with van der Waals surface area (Å²) in [6.07, 6.45) is 12.0. The van der Waals surface area contributed by atoms with Gasteiger partial charge in [-0.15, -0.1) is 34.4 Å². The number of unbranched alkanes of at least 4 members (excludes halogenated alkanes) is 2. The van der Waals surface area contributed by atoms with Gasteiger partial charge in [-0.05, 0) is 30.8 Å². The minimum Gasteiger partial charge on any atom is -0.350 e. The van der Waals surface area contributed by atoms with Crippen molar-refractivity contribution in [2.75, 3.05) is 18.5 Å². The third-order valence-electron chi connectivity index (χ3n) is 4.28. The van der Waals surface area contributed by atoms with Gasteiger partial charge in [-0.3, -0.25) is 0 Å². The minimum absolute atomic E-state index is 0.0172. The Morgan fingerprint density at radius 1 is 1.23 bits per heavy atom. The lowest BCUT2D eigenvalue weighted by molar-refractivity contribution is -0.0677. The number of halogens is 2. The van der Waals surface area contributed by atoms with Gasteiger partial charge in [0.1, 0.15) is 18.0 Å². The zero-order valence-electron chi connectivity index (χ0n) is 17.5. The van der Waals surface area contributed by atoms with Crippen molar-refractivity contribution in [2.45, 2.75) is 43.9 Å². The van der Waals surface area contributed by atoms with E-state index in [9.17, 15) is 0 Å². The lowest BCUT2D eigenvalue weighted by Crippen LogP contribution is -2.54. The van der Waals surface area contributed by atoms with Gasteiger partial charge >= 0.3 is 0 Å². The van der Waals surface area contributed by atoms with Crippen LogP contribution >= 0.6 is 47.6 Å². The molecule has 0 fully saturated rings. The highest BCUT2D eigenvalue weighted by Gasteiger charge is 2.38. The molecule has 1 N–H and O–H groups in total. The van der Waals surface area contributed by atoms with Gasteiger partial charge in [-0.1, -0.05) is 62.9 Å². The van der Waals surface area contributed by atoms with Crippen molar-refractivity contribution in [1.29, 1.82) is 0 Å². The van der Waals surface area contributed by atoms with Gasteiger partial charge in [-0.2, -0.15) is 4.84 Å². The number of alkyl halides is 2. The Kier molecular flexibility index (Phi) is 13.3. The summed E-state index contributed by atoms with van der Waals surface area (Å²) in [5.41, 5.74) is 1.70. The molecule has 1 unspecified atom stereocenters. The molecular weight excluding hydrogens is 455 g/mol. The Morgan fingerprint density at radius 2 is 2.00 bits per heavy atom. The van der Waals surface area contributed by atoms with Crippen LogP contribution in [0, 0.1) is 0 Å². The number of hydrogen-bond acceptors (Lipinski definition) is 3. The Balaban J connectivity index is 3.24. The van der Waals surface area contributed by atoms with Crippen molar-refractivity contribution in [1.82, 2.24) is 4.65 Å². The van der Waals surface area contributed by atoms with Gasteiger partial charge in [0.05, 0.1) is 11.4 Å². The van der Waals surface area contributed by atoms with Crippen LogP contribution in [-0.2, 0) is 4.84 Å². The second kappa shape index (κ2) is 14.8. The SMILES string of the molecule is C=CCC(=S)Nc1cccc([N+](CC=C)(OCC=CCCCC)C(=S)CC(Cl)Cl)c1. The van der Waals surface area contributed by atoms with Crippen LogP contribution in [0.3, 0.4) is 0 Å². The molecule has 0 radical (unpaired) electrons. The van der Waals surface area contributed by atoms with Crippen molar-refractivity contribution >= 4 is 69.0 Å². The van der Waals surface area contributed by atoms with E-state index in [1.54, 1.807) is 12.2 Å². The van der Waals surface area contributed by atoms with Gasteiger partial charge < -0.3 is 5.32 Å². The number of hydrogen-bond donors (Lipinski definition) is 1. The number of hydroxylamine groups is 2. The largest absolute Gasteiger partial charge is 0.350 e. The lowest BCUT2D eigenvalue weighted by Gasteiger charge is -2.34. The predicted molar refractivity (Wildman–Crippen MR) is 142 cm³/mol. The second-order valence-corrected chi connectivity index (χ2v) is 8.94. The molecule has 0 aliphatic carbocycles. The van der Waals surface area contributed by atoms with Crippen LogP contribution in [-0.4, -0.2) is 28.0 Å². The Morgan fingerprint density at radius 3 is 2.63 bits per heavy atom. The number of nitrogens with zero attached hydrogens (tertiary/aromatic N) is 1. The van der Waals surface area contributed by atoms with Crippen LogP contribution in [0.2, 0.25) is 0 Å². The summed E-state index contributed by atoms with van der Waals surface area (Å²) in [5, 5.41) is 3.23. The molecular formula is C23H31Cl2N2OS2+. The van der Waals surface area contributed by atoms with Crippen molar-refractivity contribution < 1.29 is 4.84 Å². The molecule has 7 heteroatoms. The smallest absolute Gasteiger partial charge is 0.215 e. The molecule has 1 atom stereocenters. The maximum atomic E-state index is 6.35. The van der Waals surface area contributed by atoms with Crippen molar-refractivity contribution in [3.63, 3.8) is 0 Å². The highest BCUT2D eigenvalue weighted by molar-refractivity contribution is 7.80. The van der Waals surface area contributed by atoms with Crippen molar-refractivity contribution in [3.05, 3.63) is 61.7 Å². The number of rotatable bonds is 14. The first-order valence-electron chi connectivity index (χ1n) is 10.0. The molecule has 0 bridgehead atoms. The molecule has 1 aromatic carbocycles. The van der Waals surface area contributed by atoms with E-state index in [0.29, 0.717) is 36.0 Å². The van der Waals surface area contributed by atoms with Crippen LogP contribution in [0.4, 0.5) is 11.4 Å². The molecule has 164 valence electrons. The first-order valence-corrected chi connectivity index (χ1v) is 11.7. The summed E-state index contributed by atoms with van der Waals surface area (Å²) in [5.74, 6) is 0. The van der Waals surface area contributed by atoms with Gasteiger partial charge in [0.25, 0.3) is 0 Å². The molecule has 0 aromatic heterocycles. The molecule has 0 heterocycles. The third-order valence-corrected chi connectivity index (χ3v) is 5.32. The van der Waals surface area contributed by atoms with Crippen LogP contribution in [0.5, 0.6) is 0 Å². The fourth-order valence-electron chi connectivity index (χ4n) is 2.84.